The fourth-order valence-corrected chi connectivity index (χ4v) is 1.49. The molecule has 8 nitrogen and oxygen atoms in total. The summed E-state index contributed by atoms with van der Waals surface area (Å²) in [5, 5.41) is 19.5. The highest BCUT2D eigenvalue weighted by molar-refractivity contribution is 5.82. The summed E-state index contributed by atoms with van der Waals surface area (Å²) in [6, 6.07) is -0.538. The van der Waals surface area contributed by atoms with Gasteiger partial charge in [-0.25, -0.2) is 0 Å². The predicted molar refractivity (Wildman–Crippen MR) is 74.3 cm³/mol. The van der Waals surface area contributed by atoms with Gasteiger partial charge in [0.25, 0.3) is 0 Å². The zero-order valence-electron chi connectivity index (χ0n) is 12.0. The maximum atomic E-state index is 11.7. The Kier molecular flexibility index (Phi) is 10.2. The Morgan fingerprint density at radius 3 is 2.35 bits per heavy atom. The molecule has 0 saturated heterocycles. The van der Waals surface area contributed by atoms with Crippen molar-refractivity contribution in [3.05, 3.63) is 0 Å². The van der Waals surface area contributed by atoms with Crippen LogP contribution in [-0.2, 0) is 14.4 Å². The average Bonchev–Trinajstić information content (AvgIpc) is 2.41. The Labute approximate surface area is 118 Å². The molecule has 0 fully saturated rings. The van der Waals surface area contributed by atoms with Crippen molar-refractivity contribution in [3.63, 3.8) is 0 Å². The highest BCUT2D eigenvalue weighted by Gasteiger charge is 2.16. The van der Waals surface area contributed by atoms with Gasteiger partial charge in [-0.3, -0.25) is 14.4 Å². The molecule has 0 aromatic heterocycles. The van der Waals surface area contributed by atoms with Crippen molar-refractivity contribution in [1.82, 2.24) is 21.3 Å². The normalized spacial score (nSPS) is 11.7. The summed E-state index contributed by atoms with van der Waals surface area (Å²) in [7, 11) is 1.60. The second-order valence-corrected chi connectivity index (χ2v) is 4.19. The number of aliphatic carboxylic acids is 1. The smallest absolute Gasteiger partial charge is 0.303 e. The van der Waals surface area contributed by atoms with E-state index in [0.29, 0.717) is 13.1 Å². The standard InChI is InChI=1S/C12H24N4O4/c1-3-14-8-10(17)15-6-7-16-12(20)9(13-2)4-5-11(18)19/h9,13-14H,3-8H2,1-2H3,(H,15,17)(H,16,20)(H,18,19)/t9-/m0/s1. The number of hydrogen-bond acceptors (Lipinski definition) is 5. The number of amides is 2. The van der Waals surface area contributed by atoms with Crippen molar-refractivity contribution in [2.45, 2.75) is 25.8 Å². The highest BCUT2D eigenvalue weighted by Crippen LogP contribution is 1.96. The van der Waals surface area contributed by atoms with Gasteiger partial charge >= 0.3 is 5.97 Å². The number of hydrogen-bond donors (Lipinski definition) is 5. The fourth-order valence-electron chi connectivity index (χ4n) is 1.49. The van der Waals surface area contributed by atoms with Gasteiger partial charge in [0.2, 0.25) is 11.8 Å². The van der Waals surface area contributed by atoms with Gasteiger partial charge < -0.3 is 26.4 Å². The summed E-state index contributed by atoms with van der Waals surface area (Å²) < 4.78 is 0. The first kappa shape index (κ1) is 18.3. The van der Waals surface area contributed by atoms with Crippen LogP contribution in [0.15, 0.2) is 0 Å². The Morgan fingerprint density at radius 2 is 1.80 bits per heavy atom. The summed E-state index contributed by atoms with van der Waals surface area (Å²) >= 11 is 0. The molecule has 0 aliphatic carbocycles. The van der Waals surface area contributed by atoms with Crippen LogP contribution in [0.2, 0.25) is 0 Å². The highest BCUT2D eigenvalue weighted by atomic mass is 16.4. The maximum absolute atomic E-state index is 11.7. The van der Waals surface area contributed by atoms with E-state index in [1.807, 2.05) is 6.92 Å². The second kappa shape index (κ2) is 11.2. The van der Waals surface area contributed by atoms with Crippen LogP contribution in [-0.4, -0.2) is 62.2 Å². The molecule has 0 rings (SSSR count). The molecule has 20 heavy (non-hydrogen) atoms. The van der Waals surface area contributed by atoms with Crippen molar-refractivity contribution in [2.75, 3.05) is 33.2 Å². The van der Waals surface area contributed by atoms with E-state index < -0.39 is 12.0 Å². The van der Waals surface area contributed by atoms with Gasteiger partial charge in [0.1, 0.15) is 0 Å². The summed E-state index contributed by atoms with van der Waals surface area (Å²) in [4.78, 5) is 33.4. The van der Waals surface area contributed by atoms with Crippen LogP contribution in [0.1, 0.15) is 19.8 Å². The van der Waals surface area contributed by atoms with E-state index in [2.05, 4.69) is 21.3 Å². The molecule has 0 aliphatic rings. The molecular weight excluding hydrogens is 264 g/mol. The van der Waals surface area contributed by atoms with E-state index in [4.69, 9.17) is 5.11 Å². The molecule has 5 N–H and O–H groups in total. The Bertz CT molecular complexity index is 323. The minimum absolute atomic E-state index is 0.0711. The summed E-state index contributed by atoms with van der Waals surface area (Å²) in [5.41, 5.74) is 0. The topological polar surface area (TPSA) is 120 Å². The van der Waals surface area contributed by atoms with Crippen LogP contribution < -0.4 is 21.3 Å². The summed E-state index contributed by atoms with van der Waals surface area (Å²) in [6.07, 6.45) is 0.156. The molecule has 8 heteroatoms. The van der Waals surface area contributed by atoms with E-state index in [9.17, 15) is 14.4 Å². The molecule has 0 bridgehead atoms. The third-order valence-electron chi connectivity index (χ3n) is 2.59. The average molecular weight is 288 g/mol. The molecule has 2 amide bonds. The van der Waals surface area contributed by atoms with Crippen LogP contribution in [0, 0.1) is 0 Å². The van der Waals surface area contributed by atoms with Crippen LogP contribution in [0.4, 0.5) is 0 Å². The summed E-state index contributed by atoms with van der Waals surface area (Å²) in [5.74, 6) is -1.33. The predicted octanol–water partition coefficient (Wildman–Crippen LogP) is -1.72. The van der Waals surface area contributed by atoms with Gasteiger partial charge in [-0.2, -0.15) is 0 Å². The lowest BCUT2D eigenvalue weighted by Gasteiger charge is -2.15. The van der Waals surface area contributed by atoms with E-state index in [-0.39, 0.29) is 31.2 Å². The first-order chi connectivity index (χ1) is 9.51. The summed E-state index contributed by atoms with van der Waals surface area (Å²) in [6.45, 7) is 3.52. The first-order valence-corrected chi connectivity index (χ1v) is 6.65. The fraction of sp³-hybridized carbons (Fsp3) is 0.750. The number of carbonyl (C=O) groups is 3. The minimum atomic E-state index is -0.936. The lowest BCUT2D eigenvalue weighted by atomic mass is 10.1. The third-order valence-corrected chi connectivity index (χ3v) is 2.59. The molecule has 0 aromatic carbocycles. The molecule has 1 atom stereocenters. The third kappa shape index (κ3) is 9.29. The molecule has 0 aromatic rings. The zero-order chi connectivity index (χ0) is 15.4. The van der Waals surface area contributed by atoms with Gasteiger partial charge in [0.15, 0.2) is 0 Å². The van der Waals surface area contributed by atoms with Crippen LogP contribution in [0.25, 0.3) is 0 Å². The molecule has 0 unspecified atom stereocenters. The van der Waals surface area contributed by atoms with Crippen molar-refractivity contribution >= 4 is 17.8 Å². The molecule has 116 valence electrons. The number of carboxylic acids is 1. The van der Waals surface area contributed by atoms with Crippen molar-refractivity contribution in [1.29, 1.82) is 0 Å². The molecule has 0 heterocycles. The SMILES string of the molecule is CCNCC(=O)NCCNC(=O)[C@H](CCC(=O)O)NC. The minimum Gasteiger partial charge on any atom is -0.481 e. The molecule has 0 saturated carbocycles. The van der Waals surface area contributed by atoms with Gasteiger partial charge in [0, 0.05) is 19.5 Å². The Hall–Kier alpha value is -1.67. The first-order valence-electron chi connectivity index (χ1n) is 6.65. The van der Waals surface area contributed by atoms with Crippen LogP contribution in [0.3, 0.4) is 0 Å². The number of carboxylic acid groups (broad SMARTS) is 1. The lowest BCUT2D eigenvalue weighted by Crippen LogP contribution is -2.45. The number of carbonyl (C=O) groups excluding carboxylic acids is 2. The lowest BCUT2D eigenvalue weighted by molar-refractivity contribution is -0.137. The van der Waals surface area contributed by atoms with Gasteiger partial charge in [-0.05, 0) is 20.0 Å². The van der Waals surface area contributed by atoms with Gasteiger partial charge in [-0.15, -0.1) is 0 Å². The van der Waals surface area contributed by atoms with E-state index >= 15 is 0 Å². The Morgan fingerprint density at radius 1 is 1.15 bits per heavy atom. The van der Waals surface area contributed by atoms with Gasteiger partial charge in [0.05, 0.1) is 12.6 Å². The number of nitrogens with one attached hydrogen (secondary N) is 4. The molecule has 0 radical (unpaired) electrons. The zero-order valence-corrected chi connectivity index (χ0v) is 12.0. The van der Waals surface area contributed by atoms with E-state index in [1.165, 1.54) is 0 Å². The van der Waals surface area contributed by atoms with Crippen molar-refractivity contribution < 1.29 is 19.5 Å². The Balaban J connectivity index is 3.79. The number of likely N-dealkylation sites (N-methyl/N-ethyl adjacent to an activating group) is 2. The van der Waals surface area contributed by atoms with Crippen molar-refractivity contribution in [2.24, 2.45) is 0 Å². The molecule has 0 spiro atoms. The number of rotatable bonds is 11. The molecular formula is C12H24N4O4. The quantitative estimate of drug-likeness (QED) is 0.289. The second-order valence-electron chi connectivity index (χ2n) is 4.19. The van der Waals surface area contributed by atoms with Crippen LogP contribution in [0.5, 0.6) is 0 Å². The maximum Gasteiger partial charge on any atom is 0.303 e. The van der Waals surface area contributed by atoms with Crippen LogP contribution >= 0.6 is 0 Å². The monoisotopic (exact) mass is 288 g/mol. The van der Waals surface area contributed by atoms with Crippen molar-refractivity contribution in [3.8, 4) is 0 Å². The van der Waals surface area contributed by atoms with E-state index in [1.54, 1.807) is 7.05 Å². The largest absolute Gasteiger partial charge is 0.481 e. The van der Waals surface area contributed by atoms with E-state index in [0.717, 1.165) is 6.54 Å². The molecule has 0 aliphatic heterocycles. The van der Waals surface area contributed by atoms with Gasteiger partial charge in [-0.1, -0.05) is 6.92 Å².